The van der Waals surface area contributed by atoms with Crippen LogP contribution in [0.2, 0.25) is 0 Å². The van der Waals surface area contributed by atoms with Gasteiger partial charge in [-0.25, -0.2) is 0 Å². The van der Waals surface area contributed by atoms with Crippen molar-refractivity contribution in [3.05, 3.63) is 59.4 Å². The third-order valence-electron chi connectivity index (χ3n) is 4.78. The van der Waals surface area contributed by atoms with Gasteiger partial charge in [-0.05, 0) is 38.0 Å². The van der Waals surface area contributed by atoms with Crippen LogP contribution >= 0.6 is 0 Å². The van der Waals surface area contributed by atoms with E-state index in [1.54, 1.807) is 13.8 Å². The van der Waals surface area contributed by atoms with Gasteiger partial charge >= 0.3 is 0 Å². The van der Waals surface area contributed by atoms with Crippen molar-refractivity contribution in [1.82, 2.24) is 19.9 Å². The van der Waals surface area contributed by atoms with Crippen LogP contribution in [0.15, 0.2) is 42.5 Å². The summed E-state index contributed by atoms with van der Waals surface area (Å²) in [5.41, 5.74) is 7.81. The van der Waals surface area contributed by atoms with Crippen LogP contribution in [-0.4, -0.2) is 46.7 Å². The number of pyridine rings is 1. The Balaban J connectivity index is 1.95. The lowest BCUT2D eigenvalue weighted by molar-refractivity contribution is -0.126. The van der Waals surface area contributed by atoms with Crippen LogP contribution in [0.3, 0.4) is 0 Å². The lowest BCUT2D eigenvalue weighted by Crippen LogP contribution is -2.51. The maximum atomic E-state index is 12.7. The molecule has 0 spiro atoms. The molecule has 1 aromatic carbocycles. The van der Waals surface area contributed by atoms with Crippen LogP contribution in [0, 0.1) is 6.92 Å². The molecule has 0 aliphatic carbocycles. The molecule has 2 aromatic heterocycles. The second-order valence-corrected chi connectivity index (χ2v) is 8.23. The van der Waals surface area contributed by atoms with E-state index >= 15 is 0 Å². The molecule has 3 aromatic rings. The molecule has 0 radical (unpaired) electrons. The molecule has 0 bridgehead atoms. The normalized spacial score (nSPS) is 12.7. The summed E-state index contributed by atoms with van der Waals surface area (Å²) in [5.74, 6) is 1.26. The summed E-state index contributed by atoms with van der Waals surface area (Å²) < 4.78 is 7.90. The summed E-state index contributed by atoms with van der Waals surface area (Å²) >= 11 is 0. The maximum absolute atomic E-state index is 12.7. The van der Waals surface area contributed by atoms with Gasteiger partial charge in [-0.1, -0.05) is 36.4 Å². The number of aryl methyl sites for hydroxylation is 1. The Labute approximate surface area is 177 Å². The van der Waals surface area contributed by atoms with Gasteiger partial charge in [0.05, 0.1) is 18.8 Å². The number of hydrogen-bond donors (Lipinski definition) is 2. The molecule has 0 unspecified atom stereocenters. The van der Waals surface area contributed by atoms with Crippen molar-refractivity contribution in [2.75, 3.05) is 25.6 Å². The number of nitrogens with two attached hydrogens (primary N) is 1. The number of hydrogen-bond acceptors (Lipinski definition) is 6. The average molecular weight is 411 g/mol. The largest absolute Gasteiger partial charge is 0.374 e. The predicted octanol–water partition coefficient (Wildman–Crippen LogP) is 2.22. The number of carbonyl (C=O) groups is 1. The molecule has 1 atom stereocenters. The molecule has 0 saturated carbocycles. The number of fused-ring (bicyclic) bond motifs is 1. The van der Waals surface area contributed by atoms with E-state index in [-0.39, 0.29) is 12.5 Å². The van der Waals surface area contributed by atoms with Gasteiger partial charge in [-0.2, -0.15) is 0 Å². The fourth-order valence-corrected chi connectivity index (χ4v) is 3.26. The lowest BCUT2D eigenvalue weighted by atomic mass is 10.1. The number of aromatic nitrogens is 3. The van der Waals surface area contributed by atoms with E-state index in [1.165, 1.54) is 0 Å². The quantitative estimate of drug-likeness (QED) is 0.591. The molecule has 1 amide bonds. The zero-order chi connectivity index (χ0) is 21.9. The molecular formula is C22H30N6O2. The number of nitrogens with zero attached hydrogens (tertiary/aromatic N) is 4. The van der Waals surface area contributed by atoms with Gasteiger partial charge in [-0.3, -0.25) is 9.20 Å². The highest BCUT2D eigenvalue weighted by molar-refractivity contribution is 5.85. The van der Waals surface area contributed by atoms with Crippen LogP contribution in [0.1, 0.15) is 36.8 Å². The van der Waals surface area contributed by atoms with Gasteiger partial charge in [0.15, 0.2) is 11.5 Å². The molecule has 160 valence electrons. The highest BCUT2D eigenvalue weighted by Crippen LogP contribution is 2.24. The molecule has 30 heavy (non-hydrogen) atoms. The van der Waals surface area contributed by atoms with E-state index in [0.29, 0.717) is 18.1 Å². The van der Waals surface area contributed by atoms with Crippen LogP contribution in [-0.2, 0) is 16.1 Å². The Hall–Kier alpha value is -2.97. The molecule has 2 heterocycles. The minimum atomic E-state index is -1.03. The second kappa shape index (κ2) is 8.81. The maximum Gasteiger partial charge on any atom is 0.240 e. The molecule has 3 N–H and O–H groups in total. The molecule has 8 heteroatoms. The van der Waals surface area contributed by atoms with Gasteiger partial charge in [0, 0.05) is 14.1 Å². The number of amides is 1. The Kier molecular flexibility index (Phi) is 6.38. The highest BCUT2D eigenvalue weighted by atomic mass is 16.5. The first kappa shape index (κ1) is 21.7. The SMILES string of the molecule is Cc1ccc2nnc([C@@H](COCc3ccccc3)NC(=O)C(C)(C)N)n2c1N(C)C. The summed E-state index contributed by atoms with van der Waals surface area (Å²) in [7, 11) is 3.93. The third kappa shape index (κ3) is 4.77. The van der Waals surface area contributed by atoms with Crippen LogP contribution in [0.25, 0.3) is 5.65 Å². The Morgan fingerprint density at radius 2 is 1.90 bits per heavy atom. The van der Waals surface area contributed by atoms with Gasteiger partial charge in [0.25, 0.3) is 0 Å². The minimum Gasteiger partial charge on any atom is -0.374 e. The summed E-state index contributed by atoms with van der Waals surface area (Å²) in [6, 6.07) is 13.3. The lowest BCUT2D eigenvalue weighted by Gasteiger charge is -2.25. The average Bonchev–Trinajstić information content (AvgIpc) is 3.10. The van der Waals surface area contributed by atoms with Gasteiger partial charge in [0.2, 0.25) is 5.91 Å². The predicted molar refractivity (Wildman–Crippen MR) is 117 cm³/mol. The Morgan fingerprint density at radius 3 is 2.53 bits per heavy atom. The molecule has 8 nitrogen and oxygen atoms in total. The molecule has 0 aliphatic rings. The third-order valence-corrected chi connectivity index (χ3v) is 4.78. The molecule has 0 aliphatic heterocycles. The molecule has 3 rings (SSSR count). The Morgan fingerprint density at radius 1 is 1.20 bits per heavy atom. The monoisotopic (exact) mass is 410 g/mol. The summed E-state index contributed by atoms with van der Waals surface area (Å²) in [6.45, 7) is 6.03. The fourth-order valence-electron chi connectivity index (χ4n) is 3.26. The molecule has 0 saturated heterocycles. The van der Waals surface area contributed by atoms with Crippen molar-refractivity contribution in [1.29, 1.82) is 0 Å². The molecular weight excluding hydrogens is 380 g/mol. The second-order valence-electron chi connectivity index (χ2n) is 8.23. The number of benzene rings is 1. The van der Waals surface area contributed by atoms with E-state index in [0.717, 1.165) is 16.9 Å². The van der Waals surface area contributed by atoms with Crippen LogP contribution in [0.5, 0.6) is 0 Å². The minimum absolute atomic E-state index is 0.234. The fraction of sp³-hybridized carbons (Fsp3) is 0.409. The van der Waals surface area contributed by atoms with Crippen LogP contribution < -0.4 is 16.0 Å². The van der Waals surface area contributed by atoms with Gasteiger partial charge < -0.3 is 20.7 Å². The van der Waals surface area contributed by atoms with E-state index in [4.69, 9.17) is 10.5 Å². The first-order valence-corrected chi connectivity index (χ1v) is 9.92. The summed E-state index contributed by atoms with van der Waals surface area (Å²) in [6.07, 6.45) is 0. The van der Waals surface area contributed by atoms with Gasteiger partial charge in [0.1, 0.15) is 11.9 Å². The first-order valence-electron chi connectivity index (χ1n) is 9.92. The number of anilines is 1. The van der Waals surface area contributed by atoms with Crippen molar-refractivity contribution in [3.63, 3.8) is 0 Å². The summed E-state index contributed by atoms with van der Waals surface area (Å²) in [4.78, 5) is 14.7. The van der Waals surface area contributed by atoms with Crippen molar-refractivity contribution in [3.8, 4) is 0 Å². The van der Waals surface area contributed by atoms with Gasteiger partial charge in [-0.15, -0.1) is 10.2 Å². The van der Waals surface area contributed by atoms with Crippen LogP contribution in [0.4, 0.5) is 5.82 Å². The topological polar surface area (TPSA) is 97.8 Å². The zero-order valence-electron chi connectivity index (χ0n) is 18.2. The van der Waals surface area contributed by atoms with E-state index in [9.17, 15) is 4.79 Å². The van der Waals surface area contributed by atoms with E-state index < -0.39 is 11.6 Å². The zero-order valence-corrected chi connectivity index (χ0v) is 18.2. The van der Waals surface area contributed by atoms with E-state index in [1.807, 2.05) is 72.8 Å². The van der Waals surface area contributed by atoms with Crippen molar-refractivity contribution < 1.29 is 9.53 Å². The van der Waals surface area contributed by atoms with Crippen molar-refractivity contribution >= 4 is 17.4 Å². The Bertz CT molecular complexity index is 1010. The highest BCUT2D eigenvalue weighted by Gasteiger charge is 2.29. The number of carbonyl (C=O) groups excluding carboxylic acids is 1. The van der Waals surface area contributed by atoms with Crippen molar-refractivity contribution in [2.24, 2.45) is 5.73 Å². The van der Waals surface area contributed by atoms with E-state index in [2.05, 4.69) is 15.5 Å². The standard InChI is InChI=1S/C22H30N6O2/c1-15-11-12-18-25-26-19(28(18)20(15)27(4)5)17(24-21(29)22(2,3)23)14-30-13-16-9-7-6-8-10-16/h6-12,17H,13-14,23H2,1-5H3,(H,24,29)/t17-/m1/s1. The number of rotatable bonds is 8. The summed E-state index contributed by atoms with van der Waals surface area (Å²) in [5, 5.41) is 11.7. The number of ether oxygens (including phenoxy) is 1. The molecule has 0 fully saturated rings. The number of nitrogens with one attached hydrogen (secondary N) is 1. The smallest absolute Gasteiger partial charge is 0.240 e. The first-order chi connectivity index (χ1) is 14.2. The van der Waals surface area contributed by atoms with Crippen molar-refractivity contribution in [2.45, 2.75) is 39.0 Å².